The summed E-state index contributed by atoms with van der Waals surface area (Å²) >= 11 is 0. The first-order valence-electron chi connectivity index (χ1n) is 3.82. The molecule has 66 valence electrons. The third-order valence-corrected chi connectivity index (χ3v) is 1.47. The predicted molar refractivity (Wildman–Crippen MR) is 47.1 cm³/mol. The van der Waals surface area contributed by atoms with Crippen molar-refractivity contribution in [3.05, 3.63) is 11.9 Å². The van der Waals surface area contributed by atoms with Crippen molar-refractivity contribution in [1.29, 1.82) is 0 Å². The molecule has 0 radical (unpaired) electrons. The first-order chi connectivity index (χ1) is 5.63. The monoisotopic (exact) mass is 167 g/mol. The highest BCUT2D eigenvalue weighted by Crippen LogP contribution is 2.15. The molecule has 0 fully saturated rings. The van der Waals surface area contributed by atoms with Crippen LogP contribution in [0, 0.1) is 0 Å². The average Bonchev–Trinajstić information content (AvgIpc) is 2.03. The van der Waals surface area contributed by atoms with Crippen LogP contribution in [0.2, 0.25) is 0 Å². The number of methoxy groups -OCH3 is 1. The highest BCUT2D eigenvalue weighted by atomic mass is 16.5. The molecular weight excluding hydrogens is 154 g/mol. The molecule has 1 heterocycles. The number of hydrogen-bond donors (Lipinski definition) is 1. The number of aromatic nitrogens is 2. The van der Waals surface area contributed by atoms with Crippen LogP contribution in [0.4, 0.5) is 5.82 Å². The lowest BCUT2D eigenvalue weighted by atomic mass is 10.2. The van der Waals surface area contributed by atoms with Gasteiger partial charge < -0.3 is 10.5 Å². The molecule has 4 nitrogen and oxygen atoms in total. The van der Waals surface area contributed by atoms with Crippen molar-refractivity contribution in [1.82, 2.24) is 9.97 Å². The summed E-state index contributed by atoms with van der Waals surface area (Å²) in [5, 5.41) is 0. The van der Waals surface area contributed by atoms with Gasteiger partial charge in [-0.2, -0.15) is 4.98 Å². The Bertz CT molecular complexity index is 273. The zero-order valence-electron chi connectivity index (χ0n) is 7.53. The van der Waals surface area contributed by atoms with E-state index in [0.29, 0.717) is 17.5 Å². The average molecular weight is 167 g/mol. The van der Waals surface area contributed by atoms with E-state index in [9.17, 15) is 0 Å². The van der Waals surface area contributed by atoms with E-state index in [1.165, 1.54) is 0 Å². The fourth-order valence-electron chi connectivity index (χ4n) is 0.824. The molecular formula is C8H13N3O. The topological polar surface area (TPSA) is 61.0 Å². The van der Waals surface area contributed by atoms with Crippen LogP contribution in [-0.4, -0.2) is 17.1 Å². The van der Waals surface area contributed by atoms with E-state index in [2.05, 4.69) is 9.97 Å². The highest BCUT2D eigenvalue weighted by molar-refractivity contribution is 5.33. The smallest absolute Gasteiger partial charge is 0.218 e. The summed E-state index contributed by atoms with van der Waals surface area (Å²) in [7, 11) is 1.56. The molecule has 1 aromatic rings. The number of ether oxygens (including phenoxy) is 1. The van der Waals surface area contributed by atoms with Gasteiger partial charge in [-0.25, -0.2) is 4.98 Å². The number of nitrogen functional groups attached to an aromatic ring is 1. The minimum atomic E-state index is 0.266. The Morgan fingerprint density at radius 2 is 2.08 bits per heavy atom. The van der Waals surface area contributed by atoms with Gasteiger partial charge >= 0.3 is 0 Å². The summed E-state index contributed by atoms with van der Waals surface area (Å²) in [6, 6.07) is 1.60. The van der Waals surface area contributed by atoms with Crippen LogP contribution in [0.1, 0.15) is 25.6 Å². The zero-order valence-corrected chi connectivity index (χ0v) is 7.53. The number of nitrogens with two attached hydrogens (primary N) is 1. The highest BCUT2D eigenvalue weighted by Gasteiger charge is 2.05. The molecule has 12 heavy (non-hydrogen) atoms. The van der Waals surface area contributed by atoms with E-state index in [1.807, 2.05) is 13.8 Å². The summed E-state index contributed by atoms with van der Waals surface area (Å²) in [5.74, 6) is 1.95. The largest absolute Gasteiger partial charge is 0.481 e. The number of rotatable bonds is 2. The van der Waals surface area contributed by atoms with Gasteiger partial charge in [0, 0.05) is 12.0 Å². The van der Waals surface area contributed by atoms with E-state index in [0.717, 1.165) is 0 Å². The van der Waals surface area contributed by atoms with Gasteiger partial charge in [0.1, 0.15) is 11.6 Å². The fourth-order valence-corrected chi connectivity index (χ4v) is 0.824. The van der Waals surface area contributed by atoms with Gasteiger partial charge in [0.05, 0.1) is 7.11 Å². The molecule has 2 N–H and O–H groups in total. The van der Waals surface area contributed by atoms with Crippen molar-refractivity contribution in [3.8, 4) is 5.88 Å². The molecule has 0 aliphatic rings. The predicted octanol–water partition coefficient (Wildman–Crippen LogP) is 1.19. The molecule has 0 bridgehead atoms. The van der Waals surface area contributed by atoms with Gasteiger partial charge in [-0.3, -0.25) is 0 Å². The van der Waals surface area contributed by atoms with Crippen LogP contribution in [0.25, 0.3) is 0 Å². The molecule has 0 atom stereocenters. The molecule has 1 rings (SSSR count). The van der Waals surface area contributed by atoms with Crippen LogP contribution >= 0.6 is 0 Å². The maximum atomic E-state index is 5.54. The standard InChI is InChI=1S/C8H13N3O/c1-5(2)8-10-6(9)4-7(11-8)12-3/h4-5H,1-3H3,(H2,9,10,11). The number of nitrogens with zero attached hydrogens (tertiary/aromatic N) is 2. The maximum absolute atomic E-state index is 5.54. The molecule has 0 unspecified atom stereocenters. The summed E-state index contributed by atoms with van der Waals surface area (Å²) in [6.07, 6.45) is 0. The molecule has 0 spiro atoms. The molecule has 0 amide bonds. The SMILES string of the molecule is COc1cc(N)nc(C(C)C)n1. The third kappa shape index (κ3) is 1.84. The molecule has 0 aliphatic heterocycles. The zero-order chi connectivity index (χ0) is 9.14. The molecule has 1 aromatic heterocycles. The van der Waals surface area contributed by atoms with E-state index < -0.39 is 0 Å². The quantitative estimate of drug-likeness (QED) is 0.718. The summed E-state index contributed by atoms with van der Waals surface area (Å²) < 4.78 is 4.95. The summed E-state index contributed by atoms with van der Waals surface area (Å²) in [5.41, 5.74) is 5.54. The van der Waals surface area contributed by atoms with Gasteiger partial charge in [-0.15, -0.1) is 0 Å². The molecule has 0 saturated heterocycles. The lowest BCUT2D eigenvalue weighted by molar-refractivity contribution is 0.394. The minimum Gasteiger partial charge on any atom is -0.481 e. The second-order valence-electron chi connectivity index (χ2n) is 2.85. The Kier molecular flexibility index (Phi) is 2.47. The van der Waals surface area contributed by atoms with E-state index in [1.54, 1.807) is 13.2 Å². The van der Waals surface area contributed by atoms with E-state index in [4.69, 9.17) is 10.5 Å². The van der Waals surface area contributed by atoms with Crippen molar-refractivity contribution < 1.29 is 4.74 Å². The second-order valence-corrected chi connectivity index (χ2v) is 2.85. The third-order valence-electron chi connectivity index (χ3n) is 1.47. The maximum Gasteiger partial charge on any atom is 0.218 e. The Balaban J connectivity index is 3.06. The lowest BCUT2D eigenvalue weighted by Gasteiger charge is -2.06. The van der Waals surface area contributed by atoms with E-state index >= 15 is 0 Å². The van der Waals surface area contributed by atoms with Crippen molar-refractivity contribution in [2.24, 2.45) is 0 Å². The van der Waals surface area contributed by atoms with Gasteiger partial charge in [0.2, 0.25) is 5.88 Å². The van der Waals surface area contributed by atoms with Crippen LogP contribution in [-0.2, 0) is 0 Å². The van der Waals surface area contributed by atoms with Gasteiger partial charge in [-0.05, 0) is 0 Å². The van der Waals surface area contributed by atoms with Crippen molar-refractivity contribution in [3.63, 3.8) is 0 Å². The molecule has 0 aromatic carbocycles. The Labute approximate surface area is 71.8 Å². The molecule has 0 aliphatic carbocycles. The molecule has 4 heteroatoms. The van der Waals surface area contributed by atoms with Crippen LogP contribution < -0.4 is 10.5 Å². The number of anilines is 1. The fraction of sp³-hybridized carbons (Fsp3) is 0.500. The minimum absolute atomic E-state index is 0.266. The van der Waals surface area contributed by atoms with Gasteiger partial charge in [0.15, 0.2) is 0 Å². The normalized spacial score (nSPS) is 10.3. The first-order valence-corrected chi connectivity index (χ1v) is 3.82. The van der Waals surface area contributed by atoms with Crippen LogP contribution in [0.5, 0.6) is 5.88 Å². The first kappa shape index (κ1) is 8.77. The lowest BCUT2D eigenvalue weighted by Crippen LogP contribution is -2.02. The van der Waals surface area contributed by atoms with Crippen molar-refractivity contribution in [2.45, 2.75) is 19.8 Å². The molecule has 0 saturated carbocycles. The van der Waals surface area contributed by atoms with Gasteiger partial charge in [-0.1, -0.05) is 13.8 Å². The number of hydrogen-bond acceptors (Lipinski definition) is 4. The second kappa shape index (κ2) is 3.38. The summed E-state index contributed by atoms with van der Waals surface area (Å²) in [6.45, 7) is 4.02. The Morgan fingerprint density at radius 1 is 1.42 bits per heavy atom. The van der Waals surface area contributed by atoms with Gasteiger partial charge in [0.25, 0.3) is 0 Å². The van der Waals surface area contributed by atoms with Crippen LogP contribution in [0.3, 0.4) is 0 Å². The Morgan fingerprint density at radius 3 is 2.58 bits per heavy atom. The van der Waals surface area contributed by atoms with Crippen molar-refractivity contribution >= 4 is 5.82 Å². The Hall–Kier alpha value is -1.32. The summed E-state index contributed by atoms with van der Waals surface area (Å²) in [4.78, 5) is 8.21. The van der Waals surface area contributed by atoms with Crippen LogP contribution in [0.15, 0.2) is 6.07 Å². The van der Waals surface area contributed by atoms with E-state index in [-0.39, 0.29) is 5.92 Å². The van der Waals surface area contributed by atoms with Crippen molar-refractivity contribution in [2.75, 3.05) is 12.8 Å².